The third kappa shape index (κ3) is 1.52. The van der Waals surface area contributed by atoms with E-state index in [9.17, 15) is 5.21 Å². The van der Waals surface area contributed by atoms with Crippen LogP contribution in [-0.4, -0.2) is 28.3 Å². The summed E-state index contributed by atoms with van der Waals surface area (Å²) in [4.78, 5) is 1.79. The molecule has 0 bridgehead atoms. The number of hydrogen-bond donors (Lipinski definition) is 2. The topological polar surface area (TPSA) is 50.6 Å². The second-order valence-electron chi connectivity index (χ2n) is 4.21. The van der Waals surface area contributed by atoms with E-state index < -0.39 is 5.54 Å². The molecule has 80 valence electrons. The molecule has 4 nitrogen and oxygen atoms in total. The smallest absolute Gasteiger partial charge is 0.124 e. The molecule has 0 saturated carbocycles. The van der Waals surface area contributed by atoms with Crippen molar-refractivity contribution in [3.63, 3.8) is 0 Å². The van der Waals surface area contributed by atoms with Gasteiger partial charge in [-0.1, -0.05) is 18.2 Å². The minimum Gasteiger partial charge on any atom is -0.313 e. The third-order valence-corrected chi connectivity index (χ3v) is 2.84. The molecule has 0 aromatic heterocycles. The van der Waals surface area contributed by atoms with Gasteiger partial charge in [-0.2, -0.15) is 5.06 Å². The Morgan fingerprint density at radius 2 is 1.87 bits per heavy atom. The van der Waals surface area contributed by atoms with Gasteiger partial charge in [-0.15, -0.1) is 0 Å². The van der Waals surface area contributed by atoms with Gasteiger partial charge in [0.15, 0.2) is 0 Å². The van der Waals surface area contributed by atoms with Gasteiger partial charge < -0.3 is 10.1 Å². The number of benzene rings is 1. The van der Waals surface area contributed by atoms with Crippen LogP contribution in [0.3, 0.4) is 0 Å². The molecule has 0 unspecified atom stereocenters. The SMILES string of the molecule is CC1(C)C(=N)N(c2ccccc2)CN1O. The summed E-state index contributed by atoms with van der Waals surface area (Å²) in [6.07, 6.45) is 0. The van der Waals surface area contributed by atoms with Gasteiger partial charge >= 0.3 is 0 Å². The molecule has 0 radical (unpaired) electrons. The Labute approximate surface area is 89.2 Å². The van der Waals surface area contributed by atoms with Crippen molar-refractivity contribution in [3.05, 3.63) is 30.3 Å². The van der Waals surface area contributed by atoms with Gasteiger partial charge in [0.1, 0.15) is 12.5 Å². The second-order valence-corrected chi connectivity index (χ2v) is 4.21. The lowest BCUT2D eigenvalue weighted by atomic mass is 10.1. The number of rotatable bonds is 1. The highest BCUT2D eigenvalue weighted by atomic mass is 16.5. The lowest BCUT2D eigenvalue weighted by Gasteiger charge is -2.23. The van der Waals surface area contributed by atoms with Gasteiger partial charge in [0, 0.05) is 5.69 Å². The van der Waals surface area contributed by atoms with Crippen LogP contribution in [0.4, 0.5) is 5.69 Å². The maximum atomic E-state index is 9.71. The van der Waals surface area contributed by atoms with E-state index >= 15 is 0 Å². The Bertz CT molecular complexity index is 375. The first-order valence-electron chi connectivity index (χ1n) is 4.91. The lowest BCUT2D eigenvalue weighted by Crippen LogP contribution is -2.41. The maximum absolute atomic E-state index is 9.71. The summed E-state index contributed by atoms with van der Waals surface area (Å²) in [6, 6.07) is 9.66. The van der Waals surface area contributed by atoms with Crippen LogP contribution < -0.4 is 4.90 Å². The van der Waals surface area contributed by atoms with E-state index in [0.29, 0.717) is 12.5 Å². The van der Waals surface area contributed by atoms with Gasteiger partial charge in [0.25, 0.3) is 0 Å². The lowest BCUT2D eigenvalue weighted by molar-refractivity contribution is -0.122. The van der Waals surface area contributed by atoms with Crippen molar-refractivity contribution in [1.29, 1.82) is 5.41 Å². The minimum atomic E-state index is -0.615. The predicted octanol–water partition coefficient (Wildman–Crippen LogP) is 1.91. The average molecular weight is 205 g/mol. The Morgan fingerprint density at radius 1 is 1.27 bits per heavy atom. The van der Waals surface area contributed by atoms with Crippen molar-refractivity contribution in [3.8, 4) is 0 Å². The summed E-state index contributed by atoms with van der Waals surface area (Å²) in [5.41, 5.74) is 0.322. The van der Waals surface area contributed by atoms with Crippen molar-refractivity contribution in [2.24, 2.45) is 0 Å². The number of anilines is 1. The van der Waals surface area contributed by atoms with Gasteiger partial charge in [-0.3, -0.25) is 5.41 Å². The number of amidine groups is 1. The Kier molecular flexibility index (Phi) is 2.25. The van der Waals surface area contributed by atoms with Crippen LogP contribution in [-0.2, 0) is 0 Å². The molecule has 1 aliphatic rings. The zero-order chi connectivity index (χ0) is 11.1. The largest absolute Gasteiger partial charge is 0.313 e. The molecule has 1 aliphatic heterocycles. The highest BCUT2D eigenvalue weighted by molar-refractivity contribution is 6.03. The van der Waals surface area contributed by atoms with E-state index in [0.717, 1.165) is 5.69 Å². The quantitative estimate of drug-likeness (QED) is 0.736. The molecule has 0 aliphatic carbocycles. The van der Waals surface area contributed by atoms with Gasteiger partial charge in [0.05, 0.1) is 5.54 Å². The maximum Gasteiger partial charge on any atom is 0.124 e. The van der Waals surface area contributed by atoms with Crippen LogP contribution in [0.2, 0.25) is 0 Å². The van der Waals surface area contributed by atoms with Crippen LogP contribution in [0.1, 0.15) is 13.8 Å². The van der Waals surface area contributed by atoms with E-state index in [4.69, 9.17) is 5.41 Å². The number of hydroxylamine groups is 2. The second kappa shape index (κ2) is 3.32. The van der Waals surface area contributed by atoms with Gasteiger partial charge in [-0.25, -0.2) is 0 Å². The summed E-state index contributed by atoms with van der Waals surface area (Å²) >= 11 is 0. The van der Waals surface area contributed by atoms with Gasteiger partial charge in [-0.05, 0) is 26.0 Å². The minimum absolute atomic E-state index is 0.343. The number of hydrogen-bond acceptors (Lipinski definition) is 3. The monoisotopic (exact) mass is 205 g/mol. The van der Waals surface area contributed by atoms with E-state index in [2.05, 4.69) is 0 Å². The molecule has 1 heterocycles. The van der Waals surface area contributed by atoms with E-state index in [1.165, 1.54) is 5.06 Å². The van der Waals surface area contributed by atoms with Crippen LogP contribution in [0.25, 0.3) is 0 Å². The molecule has 4 heteroatoms. The molecular formula is C11H15N3O. The molecule has 2 N–H and O–H groups in total. The zero-order valence-corrected chi connectivity index (χ0v) is 8.94. The molecule has 1 aromatic carbocycles. The fourth-order valence-corrected chi connectivity index (χ4v) is 1.65. The molecule has 0 atom stereocenters. The standard InChI is InChI=1S/C11H15N3O/c1-11(2)10(12)13(8-14(11)15)9-6-4-3-5-7-9/h3-7,12,15H,8H2,1-2H3. The van der Waals surface area contributed by atoms with Crippen molar-refractivity contribution >= 4 is 11.5 Å². The average Bonchev–Trinajstić information content (AvgIpc) is 2.44. The first-order valence-corrected chi connectivity index (χ1v) is 4.91. The third-order valence-electron chi connectivity index (χ3n) is 2.84. The Balaban J connectivity index is 2.32. The van der Waals surface area contributed by atoms with E-state index in [1.807, 2.05) is 44.2 Å². The molecule has 1 fully saturated rings. The fraction of sp³-hybridized carbons (Fsp3) is 0.364. The molecular weight excluding hydrogens is 190 g/mol. The van der Waals surface area contributed by atoms with Crippen molar-refractivity contribution in [1.82, 2.24) is 5.06 Å². The summed E-state index contributed by atoms with van der Waals surface area (Å²) in [5, 5.41) is 18.9. The summed E-state index contributed by atoms with van der Waals surface area (Å²) in [6.45, 7) is 4.01. The number of nitrogens with zero attached hydrogens (tertiary/aromatic N) is 2. The van der Waals surface area contributed by atoms with Crippen LogP contribution in [0.15, 0.2) is 30.3 Å². The van der Waals surface area contributed by atoms with Crippen molar-refractivity contribution in [2.75, 3.05) is 11.6 Å². The zero-order valence-electron chi connectivity index (χ0n) is 8.94. The highest BCUT2D eigenvalue weighted by Gasteiger charge is 2.42. The highest BCUT2D eigenvalue weighted by Crippen LogP contribution is 2.28. The van der Waals surface area contributed by atoms with E-state index in [-0.39, 0.29) is 0 Å². The summed E-state index contributed by atoms with van der Waals surface area (Å²) in [7, 11) is 0. The number of nitrogens with one attached hydrogen (secondary N) is 1. The summed E-state index contributed by atoms with van der Waals surface area (Å²) < 4.78 is 0. The van der Waals surface area contributed by atoms with E-state index in [1.54, 1.807) is 4.90 Å². The number of para-hydroxylation sites is 1. The molecule has 0 amide bonds. The normalized spacial score (nSPS) is 21.0. The summed E-state index contributed by atoms with van der Waals surface area (Å²) in [5.74, 6) is 0.413. The Morgan fingerprint density at radius 3 is 2.33 bits per heavy atom. The van der Waals surface area contributed by atoms with Crippen molar-refractivity contribution in [2.45, 2.75) is 19.4 Å². The molecule has 1 aromatic rings. The molecule has 2 rings (SSSR count). The Hall–Kier alpha value is -1.39. The van der Waals surface area contributed by atoms with Crippen molar-refractivity contribution < 1.29 is 5.21 Å². The molecule has 1 saturated heterocycles. The fourth-order valence-electron chi connectivity index (χ4n) is 1.65. The van der Waals surface area contributed by atoms with Crippen LogP contribution in [0, 0.1) is 5.41 Å². The first kappa shape index (κ1) is 10.1. The molecule has 15 heavy (non-hydrogen) atoms. The van der Waals surface area contributed by atoms with Gasteiger partial charge in [0.2, 0.25) is 0 Å². The first-order chi connectivity index (χ1) is 7.03. The predicted molar refractivity (Wildman–Crippen MR) is 59.2 cm³/mol. The van der Waals surface area contributed by atoms with Crippen LogP contribution >= 0.6 is 0 Å². The molecule has 0 spiro atoms. The van der Waals surface area contributed by atoms with Crippen LogP contribution in [0.5, 0.6) is 0 Å².